The average Bonchev–Trinajstić information content (AvgIpc) is 2.83. The Morgan fingerprint density at radius 1 is 1.57 bits per heavy atom. The topological polar surface area (TPSA) is 53.4 Å². The summed E-state index contributed by atoms with van der Waals surface area (Å²) in [7, 11) is 0. The number of carboxylic acid groups (broad SMARTS) is 1. The molecule has 0 spiro atoms. The number of halogens is 1. The second-order valence-corrected chi connectivity index (χ2v) is 6.22. The highest BCUT2D eigenvalue weighted by molar-refractivity contribution is 7.09. The molecule has 4 nitrogen and oxygen atoms in total. The van der Waals surface area contributed by atoms with Gasteiger partial charge < -0.3 is 5.11 Å². The van der Waals surface area contributed by atoms with E-state index in [1.807, 2.05) is 17.2 Å². The van der Waals surface area contributed by atoms with Crippen molar-refractivity contribution in [1.29, 1.82) is 0 Å². The molecule has 1 unspecified atom stereocenters. The number of aromatic nitrogens is 1. The zero-order valence-corrected chi connectivity index (χ0v) is 12.4. The molecule has 0 aliphatic carbocycles. The Hall–Kier alpha value is -1.79. The summed E-state index contributed by atoms with van der Waals surface area (Å²) in [4.78, 5) is 17.9. The molecule has 0 fully saturated rings. The molecule has 21 heavy (non-hydrogen) atoms. The van der Waals surface area contributed by atoms with Crippen molar-refractivity contribution in [3.8, 4) is 0 Å². The van der Waals surface area contributed by atoms with Crippen molar-refractivity contribution >= 4 is 17.3 Å². The van der Waals surface area contributed by atoms with Gasteiger partial charge in [-0.25, -0.2) is 9.37 Å². The van der Waals surface area contributed by atoms with Gasteiger partial charge in [-0.2, -0.15) is 0 Å². The maximum Gasteiger partial charge on any atom is 0.325 e. The fraction of sp³-hybridized carbons (Fsp3) is 0.333. The van der Waals surface area contributed by atoms with E-state index in [-0.39, 0.29) is 5.82 Å². The van der Waals surface area contributed by atoms with E-state index in [4.69, 9.17) is 0 Å². The molecule has 0 saturated carbocycles. The summed E-state index contributed by atoms with van der Waals surface area (Å²) in [5.74, 6) is -1.23. The van der Waals surface area contributed by atoms with Crippen LogP contribution in [0.5, 0.6) is 0 Å². The zero-order chi connectivity index (χ0) is 15.0. The van der Waals surface area contributed by atoms with Crippen LogP contribution in [0.2, 0.25) is 0 Å². The highest BCUT2D eigenvalue weighted by Crippen LogP contribution is 2.31. The van der Waals surface area contributed by atoms with Gasteiger partial charge in [0.1, 0.15) is 11.9 Å². The van der Waals surface area contributed by atoms with Crippen LogP contribution >= 0.6 is 11.3 Å². The Kier molecular flexibility index (Phi) is 3.73. The molecule has 1 atom stereocenters. The lowest BCUT2D eigenvalue weighted by atomic mass is 9.92. The number of aliphatic carboxylic acids is 1. The third-order valence-corrected chi connectivity index (χ3v) is 4.52. The lowest BCUT2D eigenvalue weighted by Crippen LogP contribution is -2.39. The van der Waals surface area contributed by atoms with Crippen LogP contribution in [0.3, 0.4) is 0 Å². The monoisotopic (exact) mass is 306 g/mol. The molecule has 2 heterocycles. The van der Waals surface area contributed by atoms with Gasteiger partial charge in [-0.3, -0.25) is 9.69 Å². The fourth-order valence-corrected chi connectivity index (χ4v) is 3.40. The first-order valence-electron chi connectivity index (χ1n) is 6.71. The molecule has 1 aliphatic rings. The molecule has 0 saturated heterocycles. The van der Waals surface area contributed by atoms with Gasteiger partial charge in [0.25, 0.3) is 0 Å². The molecular formula is C15H15FN2O2S. The number of thiazole rings is 1. The molecule has 0 radical (unpaired) electrons. The summed E-state index contributed by atoms with van der Waals surface area (Å²) in [6.07, 6.45) is 0.653. The number of carboxylic acids is 1. The van der Waals surface area contributed by atoms with Gasteiger partial charge in [0, 0.05) is 18.5 Å². The molecule has 1 N–H and O–H groups in total. The molecule has 6 heteroatoms. The van der Waals surface area contributed by atoms with Crippen LogP contribution in [0.25, 0.3) is 0 Å². The number of fused-ring (bicyclic) bond motifs is 1. The lowest BCUT2D eigenvalue weighted by molar-refractivity contribution is -0.144. The SMILES string of the molecule is Cc1nc(CN2CCc3cc(F)ccc3C2C(=O)O)cs1. The van der Waals surface area contributed by atoms with Gasteiger partial charge in [0.2, 0.25) is 0 Å². The number of hydrogen-bond donors (Lipinski definition) is 1. The number of carbonyl (C=O) groups is 1. The van der Waals surface area contributed by atoms with E-state index >= 15 is 0 Å². The van der Waals surface area contributed by atoms with Gasteiger partial charge >= 0.3 is 5.97 Å². The minimum Gasteiger partial charge on any atom is -0.480 e. The quantitative estimate of drug-likeness (QED) is 0.947. The third kappa shape index (κ3) is 2.82. The largest absolute Gasteiger partial charge is 0.480 e. The van der Waals surface area contributed by atoms with Crippen molar-refractivity contribution in [2.75, 3.05) is 6.54 Å². The molecule has 1 aromatic heterocycles. The van der Waals surface area contributed by atoms with Crippen molar-refractivity contribution in [1.82, 2.24) is 9.88 Å². The van der Waals surface area contributed by atoms with Crippen LogP contribution in [0.4, 0.5) is 4.39 Å². The van der Waals surface area contributed by atoms with E-state index < -0.39 is 12.0 Å². The van der Waals surface area contributed by atoms with Crippen LogP contribution in [0.15, 0.2) is 23.6 Å². The third-order valence-electron chi connectivity index (χ3n) is 3.70. The molecule has 2 aromatic rings. The Labute approximate surface area is 125 Å². The van der Waals surface area contributed by atoms with Gasteiger partial charge in [-0.05, 0) is 36.6 Å². The molecular weight excluding hydrogens is 291 g/mol. The Morgan fingerprint density at radius 3 is 3.05 bits per heavy atom. The van der Waals surface area contributed by atoms with Gasteiger partial charge in [-0.1, -0.05) is 6.07 Å². The first-order valence-corrected chi connectivity index (χ1v) is 7.59. The summed E-state index contributed by atoms with van der Waals surface area (Å²) in [6, 6.07) is 3.61. The summed E-state index contributed by atoms with van der Waals surface area (Å²) in [5.41, 5.74) is 2.35. The molecule has 3 rings (SSSR count). The second kappa shape index (κ2) is 5.54. The van der Waals surface area contributed by atoms with Crippen LogP contribution in [0.1, 0.15) is 27.9 Å². The smallest absolute Gasteiger partial charge is 0.325 e. The van der Waals surface area contributed by atoms with E-state index in [9.17, 15) is 14.3 Å². The van der Waals surface area contributed by atoms with Crippen molar-refractivity contribution < 1.29 is 14.3 Å². The first-order chi connectivity index (χ1) is 10.0. The number of rotatable bonds is 3. The van der Waals surface area contributed by atoms with Gasteiger partial charge in [-0.15, -0.1) is 11.3 Å². The normalized spacial score (nSPS) is 18.5. The molecule has 1 aliphatic heterocycles. The molecule has 1 aromatic carbocycles. The molecule has 0 bridgehead atoms. The van der Waals surface area contributed by atoms with Crippen molar-refractivity contribution in [3.05, 3.63) is 51.2 Å². The predicted octanol–water partition coefficient (Wildman–Crippen LogP) is 2.77. The highest BCUT2D eigenvalue weighted by Gasteiger charge is 2.33. The number of benzene rings is 1. The van der Waals surface area contributed by atoms with Crippen molar-refractivity contribution in [3.63, 3.8) is 0 Å². The minimum atomic E-state index is -0.908. The fourth-order valence-electron chi connectivity index (χ4n) is 2.80. The van der Waals surface area contributed by atoms with E-state index in [1.54, 1.807) is 17.4 Å². The Morgan fingerprint density at radius 2 is 2.38 bits per heavy atom. The summed E-state index contributed by atoms with van der Waals surface area (Å²) < 4.78 is 13.3. The predicted molar refractivity (Wildman–Crippen MR) is 77.7 cm³/mol. The molecule has 110 valence electrons. The van der Waals surface area contributed by atoms with Gasteiger partial charge in [0.15, 0.2) is 0 Å². The van der Waals surface area contributed by atoms with E-state index in [2.05, 4.69) is 4.98 Å². The summed E-state index contributed by atoms with van der Waals surface area (Å²) >= 11 is 1.56. The van der Waals surface area contributed by atoms with Crippen molar-refractivity contribution in [2.24, 2.45) is 0 Å². The first kappa shape index (κ1) is 14.2. The van der Waals surface area contributed by atoms with Crippen LogP contribution < -0.4 is 0 Å². The maximum absolute atomic E-state index is 13.3. The Bertz CT molecular complexity index is 686. The number of nitrogens with zero attached hydrogens (tertiary/aromatic N) is 2. The number of aryl methyl sites for hydroxylation is 1. The minimum absolute atomic E-state index is 0.318. The standard InChI is InChI=1S/C15H15FN2O2S/c1-9-17-12(8-21-9)7-18-5-4-10-6-11(16)2-3-13(10)14(18)15(19)20/h2-3,6,8,14H,4-5,7H2,1H3,(H,19,20). The van der Waals surface area contributed by atoms with Crippen molar-refractivity contribution in [2.45, 2.75) is 25.9 Å². The average molecular weight is 306 g/mol. The van der Waals surface area contributed by atoms with Crippen LogP contribution in [-0.4, -0.2) is 27.5 Å². The lowest BCUT2D eigenvalue weighted by Gasteiger charge is -2.34. The second-order valence-electron chi connectivity index (χ2n) is 5.16. The van der Waals surface area contributed by atoms with Gasteiger partial charge in [0.05, 0.1) is 10.7 Å². The van der Waals surface area contributed by atoms with E-state index in [0.717, 1.165) is 16.3 Å². The Balaban J connectivity index is 1.91. The highest BCUT2D eigenvalue weighted by atomic mass is 32.1. The van der Waals surface area contributed by atoms with Crippen LogP contribution in [0, 0.1) is 12.7 Å². The zero-order valence-electron chi connectivity index (χ0n) is 11.5. The molecule has 0 amide bonds. The summed E-state index contributed by atoms with van der Waals surface area (Å²) in [5, 5.41) is 12.5. The number of hydrogen-bond acceptors (Lipinski definition) is 4. The maximum atomic E-state index is 13.3. The summed E-state index contributed by atoms with van der Waals surface area (Å²) in [6.45, 7) is 3.01. The van der Waals surface area contributed by atoms with E-state index in [0.29, 0.717) is 25.1 Å². The van der Waals surface area contributed by atoms with Crippen LogP contribution in [-0.2, 0) is 17.8 Å². The van der Waals surface area contributed by atoms with E-state index in [1.165, 1.54) is 12.1 Å².